The van der Waals surface area contributed by atoms with Crippen LogP contribution in [0.3, 0.4) is 0 Å². The Balaban J connectivity index is 2.42. The molecule has 0 saturated carbocycles. The van der Waals surface area contributed by atoms with Gasteiger partial charge in [0, 0.05) is 9.79 Å². The van der Waals surface area contributed by atoms with Gasteiger partial charge >= 0.3 is 5.97 Å². The second-order valence-corrected chi connectivity index (χ2v) is 4.89. The molecule has 0 aliphatic rings. The molecule has 0 saturated heterocycles. The Morgan fingerprint density at radius 1 is 1.15 bits per heavy atom. The molecule has 2 rings (SSSR count). The maximum Gasteiger partial charge on any atom is 0.335 e. The third kappa shape index (κ3) is 2.95. The fourth-order valence-corrected chi connectivity index (χ4v) is 2.45. The minimum atomic E-state index is -1.17. The summed E-state index contributed by atoms with van der Waals surface area (Å²) in [5.41, 5.74) is 0.00430. The zero-order chi connectivity index (χ0) is 14.7. The highest BCUT2D eigenvalue weighted by Crippen LogP contribution is 2.33. The molecule has 0 atom stereocenters. The van der Waals surface area contributed by atoms with Crippen LogP contribution in [0.4, 0.5) is 8.78 Å². The van der Waals surface area contributed by atoms with E-state index in [0.29, 0.717) is 4.90 Å². The van der Waals surface area contributed by atoms with E-state index in [0.717, 1.165) is 36.0 Å². The molecule has 3 nitrogen and oxygen atoms in total. The second-order valence-electron chi connectivity index (χ2n) is 3.80. The molecule has 6 heteroatoms. The fourth-order valence-electron chi connectivity index (χ4n) is 1.51. The van der Waals surface area contributed by atoms with Gasteiger partial charge in [-0.15, -0.1) is 0 Å². The first kappa shape index (κ1) is 14.0. The normalized spacial score (nSPS) is 10.1. The lowest BCUT2D eigenvalue weighted by Gasteiger charge is -2.06. The molecular formula is C14H7F2NO2S. The van der Waals surface area contributed by atoms with E-state index >= 15 is 0 Å². The summed E-state index contributed by atoms with van der Waals surface area (Å²) in [5.74, 6) is -2.34. The molecule has 0 spiro atoms. The van der Waals surface area contributed by atoms with Gasteiger partial charge in [0.25, 0.3) is 0 Å². The standard InChI is InChI=1S/C14H7F2NO2S/c15-10-2-4-12(9(5-10)7-17)20-13-6-8(14(18)19)1-3-11(13)16/h1-6H,(H,18,19). The quantitative estimate of drug-likeness (QED) is 0.937. The SMILES string of the molecule is N#Cc1cc(F)ccc1Sc1cc(C(=O)O)ccc1F. The number of rotatable bonds is 3. The van der Waals surface area contributed by atoms with Gasteiger partial charge in [-0.05, 0) is 36.4 Å². The zero-order valence-corrected chi connectivity index (χ0v) is 10.7. The van der Waals surface area contributed by atoms with Crippen LogP contribution in [0, 0.1) is 23.0 Å². The molecule has 2 aromatic rings. The van der Waals surface area contributed by atoms with Crippen LogP contribution in [0.5, 0.6) is 0 Å². The number of carboxylic acid groups (broad SMARTS) is 1. The summed E-state index contributed by atoms with van der Waals surface area (Å²) in [6.45, 7) is 0. The predicted molar refractivity (Wildman–Crippen MR) is 68.6 cm³/mol. The van der Waals surface area contributed by atoms with Crippen molar-refractivity contribution >= 4 is 17.7 Å². The van der Waals surface area contributed by atoms with Gasteiger partial charge in [-0.1, -0.05) is 11.8 Å². The Bertz CT molecular complexity index is 726. The van der Waals surface area contributed by atoms with E-state index in [1.54, 1.807) is 0 Å². The monoisotopic (exact) mass is 291 g/mol. The number of nitriles is 1. The molecule has 0 bridgehead atoms. The summed E-state index contributed by atoms with van der Waals surface area (Å²) in [7, 11) is 0. The Kier molecular flexibility index (Phi) is 4.01. The Labute approximate surface area is 117 Å². The van der Waals surface area contributed by atoms with Gasteiger partial charge in [-0.2, -0.15) is 5.26 Å². The van der Waals surface area contributed by atoms with Crippen molar-refractivity contribution in [2.24, 2.45) is 0 Å². The molecule has 0 aliphatic carbocycles. The number of carboxylic acids is 1. The average Bonchev–Trinajstić information content (AvgIpc) is 2.42. The number of nitrogens with zero attached hydrogens (tertiary/aromatic N) is 1. The molecule has 20 heavy (non-hydrogen) atoms. The zero-order valence-electron chi connectivity index (χ0n) is 9.93. The number of hydrogen-bond donors (Lipinski definition) is 1. The van der Waals surface area contributed by atoms with Gasteiger partial charge < -0.3 is 5.11 Å². The summed E-state index contributed by atoms with van der Waals surface area (Å²) < 4.78 is 26.7. The van der Waals surface area contributed by atoms with Crippen molar-refractivity contribution in [2.75, 3.05) is 0 Å². The molecule has 0 heterocycles. The van der Waals surface area contributed by atoms with Crippen molar-refractivity contribution in [2.45, 2.75) is 9.79 Å². The van der Waals surface area contributed by atoms with Gasteiger partial charge in [0.1, 0.15) is 17.7 Å². The number of benzene rings is 2. The molecule has 0 fully saturated rings. The van der Waals surface area contributed by atoms with E-state index in [9.17, 15) is 13.6 Å². The van der Waals surface area contributed by atoms with Crippen molar-refractivity contribution in [3.63, 3.8) is 0 Å². The molecule has 0 radical (unpaired) electrons. The van der Waals surface area contributed by atoms with Crippen LogP contribution in [0.2, 0.25) is 0 Å². The van der Waals surface area contributed by atoms with Crippen LogP contribution in [0.25, 0.3) is 0 Å². The largest absolute Gasteiger partial charge is 0.478 e. The molecule has 100 valence electrons. The van der Waals surface area contributed by atoms with Gasteiger partial charge in [0.05, 0.1) is 11.1 Å². The average molecular weight is 291 g/mol. The maximum absolute atomic E-state index is 13.7. The molecule has 0 unspecified atom stereocenters. The van der Waals surface area contributed by atoms with Gasteiger partial charge in [-0.3, -0.25) is 0 Å². The van der Waals surface area contributed by atoms with Crippen molar-refractivity contribution < 1.29 is 18.7 Å². The molecule has 0 aromatic heterocycles. The highest BCUT2D eigenvalue weighted by atomic mass is 32.2. The Morgan fingerprint density at radius 2 is 1.90 bits per heavy atom. The minimum absolute atomic E-state index is 0.0606. The van der Waals surface area contributed by atoms with E-state index < -0.39 is 17.6 Å². The first-order chi connectivity index (χ1) is 9.51. The lowest BCUT2D eigenvalue weighted by molar-refractivity contribution is 0.0696. The predicted octanol–water partition coefficient (Wildman–Crippen LogP) is 3.69. The smallest absolute Gasteiger partial charge is 0.335 e. The van der Waals surface area contributed by atoms with Crippen LogP contribution in [0.15, 0.2) is 46.2 Å². The van der Waals surface area contributed by atoms with Gasteiger partial charge in [0.2, 0.25) is 0 Å². The minimum Gasteiger partial charge on any atom is -0.478 e. The van der Waals surface area contributed by atoms with Crippen LogP contribution >= 0.6 is 11.8 Å². The van der Waals surface area contributed by atoms with Crippen molar-refractivity contribution in [1.82, 2.24) is 0 Å². The lowest BCUT2D eigenvalue weighted by atomic mass is 10.2. The summed E-state index contributed by atoms with van der Waals surface area (Å²) in [5, 5.41) is 17.8. The molecule has 1 N–H and O–H groups in total. The fraction of sp³-hybridized carbons (Fsp3) is 0. The Morgan fingerprint density at radius 3 is 2.55 bits per heavy atom. The molecule has 0 aliphatic heterocycles. The van der Waals surface area contributed by atoms with Crippen molar-refractivity contribution in [3.8, 4) is 6.07 Å². The first-order valence-electron chi connectivity index (χ1n) is 5.41. The molecular weight excluding hydrogens is 284 g/mol. The first-order valence-corrected chi connectivity index (χ1v) is 6.23. The lowest BCUT2D eigenvalue weighted by Crippen LogP contribution is -1.97. The van der Waals surface area contributed by atoms with E-state index in [1.807, 2.05) is 6.07 Å². The number of hydrogen-bond acceptors (Lipinski definition) is 3. The highest BCUT2D eigenvalue weighted by Gasteiger charge is 2.12. The van der Waals surface area contributed by atoms with Crippen LogP contribution in [-0.4, -0.2) is 11.1 Å². The topological polar surface area (TPSA) is 61.1 Å². The summed E-state index contributed by atoms with van der Waals surface area (Å²) in [4.78, 5) is 11.3. The van der Waals surface area contributed by atoms with E-state index in [2.05, 4.69) is 0 Å². The molecule has 2 aromatic carbocycles. The number of aromatic carboxylic acids is 1. The number of carbonyl (C=O) groups is 1. The van der Waals surface area contributed by atoms with E-state index in [1.165, 1.54) is 12.1 Å². The second kappa shape index (κ2) is 5.72. The Hall–Kier alpha value is -2.39. The third-order valence-electron chi connectivity index (χ3n) is 2.46. The third-order valence-corrected chi connectivity index (χ3v) is 3.57. The summed E-state index contributed by atoms with van der Waals surface area (Å²) in [6.07, 6.45) is 0. The number of halogens is 2. The van der Waals surface area contributed by atoms with Crippen LogP contribution in [-0.2, 0) is 0 Å². The highest BCUT2D eigenvalue weighted by molar-refractivity contribution is 7.99. The summed E-state index contributed by atoms with van der Waals surface area (Å²) in [6, 6.07) is 8.73. The van der Waals surface area contributed by atoms with Gasteiger partial charge in [0.15, 0.2) is 0 Å². The van der Waals surface area contributed by atoms with E-state index in [4.69, 9.17) is 10.4 Å². The van der Waals surface area contributed by atoms with E-state index in [-0.39, 0.29) is 16.0 Å². The van der Waals surface area contributed by atoms with Gasteiger partial charge in [-0.25, -0.2) is 13.6 Å². The van der Waals surface area contributed by atoms with Crippen LogP contribution < -0.4 is 0 Å². The van der Waals surface area contributed by atoms with Crippen LogP contribution in [0.1, 0.15) is 15.9 Å². The maximum atomic E-state index is 13.7. The molecule has 0 amide bonds. The van der Waals surface area contributed by atoms with Crippen molar-refractivity contribution in [3.05, 3.63) is 59.2 Å². The van der Waals surface area contributed by atoms with Crippen molar-refractivity contribution in [1.29, 1.82) is 5.26 Å². The summed E-state index contributed by atoms with van der Waals surface area (Å²) >= 11 is 0.878.